The number of aryl methyl sites for hydroxylation is 2. The first-order valence-electron chi connectivity index (χ1n) is 6.38. The predicted molar refractivity (Wildman–Crippen MR) is 85.9 cm³/mol. The molecule has 0 fully saturated rings. The van der Waals surface area contributed by atoms with E-state index >= 15 is 0 Å². The zero-order valence-corrected chi connectivity index (χ0v) is 13.7. The Morgan fingerprint density at radius 3 is 2.85 bits per heavy atom. The van der Waals surface area contributed by atoms with E-state index in [0.29, 0.717) is 15.7 Å². The fourth-order valence-corrected chi connectivity index (χ4v) is 4.16. The molecule has 3 rings (SSSR count). The van der Waals surface area contributed by atoms with Crippen molar-refractivity contribution in [1.82, 2.24) is 4.98 Å². The number of benzene rings is 1. The van der Waals surface area contributed by atoms with Crippen LogP contribution in [0.2, 0.25) is 5.02 Å². The number of rotatable bonds is 2. The van der Waals surface area contributed by atoms with E-state index in [1.807, 2.05) is 0 Å². The van der Waals surface area contributed by atoms with E-state index in [-0.39, 0.29) is 5.91 Å². The molecule has 0 radical (unpaired) electrons. The van der Waals surface area contributed by atoms with Gasteiger partial charge in [-0.15, -0.1) is 11.3 Å². The number of nitrogens with one attached hydrogen (secondary N) is 1. The average molecular weight is 372 g/mol. The molecule has 1 heterocycles. The van der Waals surface area contributed by atoms with Gasteiger partial charge in [-0.1, -0.05) is 27.5 Å². The first-order valence-corrected chi connectivity index (χ1v) is 8.36. The van der Waals surface area contributed by atoms with E-state index in [4.69, 9.17) is 11.6 Å². The lowest BCUT2D eigenvalue weighted by molar-refractivity contribution is 0.102. The van der Waals surface area contributed by atoms with Crippen LogP contribution >= 0.6 is 38.9 Å². The molecule has 1 aliphatic carbocycles. The van der Waals surface area contributed by atoms with Crippen LogP contribution < -0.4 is 5.32 Å². The van der Waals surface area contributed by atoms with Crippen LogP contribution in [0.25, 0.3) is 0 Å². The van der Waals surface area contributed by atoms with Crippen molar-refractivity contribution < 1.29 is 4.79 Å². The Morgan fingerprint density at radius 1 is 1.30 bits per heavy atom. The van der Waals surface area contributed by atoms with Gasteiger partial charge in [-0.05, 0) is 43.9 Å². The SMILES string of the molecule is O=C(Nc1nc2c(s1)CCCC2)c1cc(Cl)cc(Br)c1. The third-order valence-corrected chi connectivity index (χ3v) is 4.94. The molecule has 0 bridgehead atoms. The Kier molecular flexibility index (Phi) is 4.10. The molecular weight excluding hydrogens is 360 g/mol. The molecule has 6 heteroatoms. The van der Waals surface area contributed by atoms with Gasteiger partial charge in [0.05, 0.1) is 5.69 Å². The maximum atomic E-state index is 12.2. The molecule has 0 spiro atoms. The van der Waals surface area contributed by atoms with Crippen molar-refractivity contribution in [3.8, 4) is 0 Å². The number of hydrogen-bond acceptors (Lipinski definition) is 3. The second kappa shape index (κ2) is 5.84. The molecule has 3 nitrogen and oxygen atoms in total. The molecule has 2 aromatic rings. The number of fused-ring (bicyclic) bond motifs is 1. The van der Waals surface area contributed by atoms with Gasteiger partial charge in [0.25, 0.3) is 5.91 Å². The number of nitrogens with zero attached hydrogens (tertiary/aromatic N) is 1. The van der Waals surface area contributed by atoms with Crippen LogP contribution in [0, 0.1) is 0 Å². The van der Waals surface area contributed by atoms with E-state index < -0.39 is 0 Å². The zero-order chi connectivity index (χ0) is 14.1. The number of halogens is 2. The highest BCUT2D eigenvalue weighted by molar-refractivity contribution is 9.10. The van der Waals surface area contributed by atoms with Gasteiger partial charge in [0, 0.05) is 19.9 Å². The van der Waals surface area contributed by atoms with Gasteiger partial charge in [-0.3, -0.25) is 10.1 Å². The van der Waals surface area contributed by atoms with Crippen LogP contribution in [-0.2, 0) is 12.8 Å². The average Bonchev–Trinajstić information content (AvgIpc) is 2.79. The maximum absolute atomic E-state index is 12.2. The third kappa shape index (κ3) is 3.05. The molecule has 1 aromatic heterocycles. The molecule has 1 aromatic carbocycles. The first-order chi connectivity index (χ1) is 9.61. The van der Waals surface area contributed by atoms with Gasteiger partial charge in [-0.2, -0.15) is 0 Å². The summed E-state index contributed by atoms with van der Waals surface area (Å²) in [5, 5.41) is 4.07. The van der Waals surface area contributed by atoms with Gasteiger partial charge in [0.15, 0.2) is 5.13 Å². The Labute approximate surface area is 134 Å². The lowest BCUT2D eigenvalue weighted by atomic mass is 10.0. The molecule has 0 atom stereocenters. The smallest absolute Gasteiger partial charge is 0.257 e. The number of carbonyl (C=O) groups is 1. The molecule has 0 aliphatic heterocycles. The highest BCUT2D eigenvalue weighted by Crippen LogP contribution is 2.30. The summed E-state index contributed by atoms with van der Waals surface area (Å²) in [4.78, 5) is 18.0. The Morgan fingerprint density at radius 2 is 2.10 bits per heavy atom. The van der Waals surface area contributed by atoms with Crippen molar-refractivity contribution in [3.05, 3.63) is 43.8 Å². The number of amides is 1. The van der Waals surface area contributed by atoms with Gasteiger partial charge in [-0.25, -0.2) is 4.98 Å². The molecule has 0 saturated carbocycles. The number of aromatic nitrogens is 1. The lowest BCUT2D eigenvalue weighted by Gasteiger charge is -2.06. The van der Waals surface area contributed by atoms with E-state index in [0.717, 1.165) is 23.0 Å². The normalized spacial score (nSPS) is 13.9. The summed E-state index contributed by atoms with van der Waals surface area (Å²) >= 11 is 10.9. The Hall–Kier alpha value is -0.910. The summed E-state index contributed by atoms with van der Waals surface area (Å²) in [6, 6.07) is 5.14. The first kappa shape index (κ1) is 14.0. The summed E-state index contributed by atoms with van der Waals surface area (Å²) in [6.07, 6.45) is 4.49. The van der Waals surface area contributed by atoms with Crippen molar-refractivity contribution in [2.75, 3.05) is 5.32 Å². The van der Waals surface area contributed by atoms with Gasteiger partial charge >= 0.3 is 0 Å². The number of anilines is 1. The van der Waals surface area contributed by atoms with Crippen LogP contribution in [0.3, 0.4) is 0 Å². The maximum Gasteiger partial charge on any atom is 0.257 e. The van der Waals surface area contributed by atoms with Gasteiger partial charge in [0.1, 0.15) is 0 Å². The second-order valence-corrected chi connectivity index (χ2v) is 7.14. The third-order valence-electron chi connectivity index (χ3n) is 3.19. The van der Waals surface area contributed by atoms with E-state index in [1.165, 1.54) is 17.7 Å². The van der Waals surface area contributed by atoms with E-state index in [9.17, 15) is 4.79 Å². The fourth-order valence-electron chi connectivity index (χ4n) is 2.26. The molecule has 20 heavy (non-hydrogen) atoms. The van der Waals surface area contributed by atoms with Crippen molar-refractivity contribution in [1.29, 1.82) is 0 Å². The minimum absolute atomic E-state index is 0.181. The van der Waals surface area contributed by atoms with Crippen molar-refractivity contribution >= 4 is 49.9 Å². The summed E-state index contributed by atoms with van der Waals surface area (Å²) in [6.45, 7) is 0. The highest BCUT2D eigenvalue weighted by atomic mass is 79.9. The molecule has 1 amide bonds. The number of hydrogen-bond donors (Lipinski definition) is 1. The van der Waals surface area contributed by atoms with Crippen LogP contribution in [0.15, 0.2) is 22.7 Å². The van der Waals surface area contributed by atoms with Crippen LogP contribution in [-0.4, -0.2) is 10.9 Å². The minimum atomic E-state index is -0.181. The summed E-state index contributed by atoms with van der Waals surface area (Å²) in [7, 11) is 0. The summed E-state index contributed by atoms with van der Waals surface area (Å²) in [5.74, 6) is -0.181. The largest absolute Gasteiger partial charge is 0.298 e. The standard InChI is InChI=1S/C14H12BrClN2OS/c15-9-5-8(6-10(16)7-9)13(19)18-14-17-11-3-1-2-4-12(11)20-14/h5-7H,1-4H2,(H,17,18,19). The molecule has 0 saturated heterocycles. The van der Waals surface area contributed by atoms with Crippen LogP contribution in [0.4, 0.5) is 5.13 Å². The topological polar surface area (TPSA) is 42.0 Å². The minimum Gasteiger partial charge on any atom is -0.298 e. The molecule has 0 unspecified atom stereocenters. The van der Waals surface area contributed by atoms with Crippen molar-refractivity contribution in [3.63, 3.8) is 0 Å². The predicted octanol–water partition coefficient (Wildman–Crippen LogP) is 4.69. The molecule has 1 N–H and O–H groups in total. The van der Waals surface area contributed by atoms with Crippen molar-refractivity contribution in [2.24, 2.45) is 0 Å². The highest BCUT2D eigenvalue weighted by Gasteiger charge is 2.17. The van der Waals surface area contributed by atoms with Crippen molar-refractivity contribution in [2.45, 2.75) is 25.7 Å². The summed E-state index contributed by atoms with van der Waals surface area (Å²) < 4.78 is 0.786. The second-order valence-electron chi connectivity index (χ2n) is 4.71. The number of thiazole rings is 1. The summed E-state index contributed by atoms with van der Waals surface area (Å²) in [5.41, 5.74) is 1.67. The van der Waals surface area contributed by atoms with Crippen LogP contribution in [0.1, 0.15) is 33.8 Å². The Bertz CT molecular complexity index is 627. The molecule has 104 valence electrons. The lowest BCUT2D eigenvalue weighted by Crippen LogP contribution is -2.11. The fraction of sp³-hybridized carbons (Fsp3) is 0.286. The van der Waals surface area contributed by atoms with Gasteiger partial charge in [0.2, 0.25) is 0 Å². The van der Waals surface area contributed by atoms with E-state index in [2.05, 4.69) is 26.2 Å². The zero-order valence-electron chi connectivity index (χ0n) is 10.6. The monoisotopic (exact) mass is 370 g/mol. The van der Waals surface area contributed by atoms with Crippen LogP contribution in [0.5, 0.6) is 0 Å². The Balaban J connectivity index is 1.80. The molecular formula is C14H12BrClN2OS. The van der Waals surface area contributed by atoms with E-state index in [1.54, 1.807) is 29.5 Å². The number of carbonyl (C=O) groups excluding carboxylic acids is 1. The molecule has 1 aliphatic rings. The van der Waals surface area contributed by atoms with Gasteiger partial charge < -0.3 is 0 Å². The quantitative estimate of drug-likeness (QED) is 0.832.